The van der Waals surface area contributed by atoms with E-state index in [9.17, 15) is 27.1 Å². The van der Waals surface area contributed by atoms with Gasteiger partial charge in [-0.05, 0) is 24.3 Å². The minimum atomic E-state index is -4.77. The van der Waals surface area contributed by atoms with Gasteiger partial charge in [0, 0.05) is 22.9 Å². The smallest absolute Gasteiger partial charge is 0.263 e. The molecule has 0 aliphatic carbocycles. The fraction of sp³-hybridized carbons (Fsp3) is 0.154. The van der Waals surface area contributed by atoms with Gasteiger partial charge in [0.05, 0.1) is 53.6 Å². The van der Waals surface area contributed by atoms with Gasteiger partial charge < -0.3 is 21.0 Å². The summed E-state index contributed by atoms with van der Waals surface area (Å²) < 4.78 is 89.4. The zero-order chi connectivity index (χ0) is 31.1. The molecule has 11 nitrogen and oxygen atoms in total. The summed E-state index contributed by atoms with van der Waals surface area (Å²) in [5.41, 5.74) is 2.66. The summed E-state index contributed by atoms with van der Waals surface area (Å²) in [6, 6.07) is 4.00. The van der Waals surface area contributed by atoms with Crippen molar-refractivity contribution in [2.45, 2.75) is 24.1 Å². The molecule has 0 radical (unpaired) electrons. The number of carbonyl (C=O) groups is 1. The Morgan fingerprint density at radius 1 is 1.09 bits per heavy atom. The fourth-order valence-corrected chi connectivity index (χ4v) is 6.12. The zero-order valence-corrected chi connectivity index (χ0v) is 23.2. The van der Waals surface area contributed by atoms with Gasteiger partial charge in [-0.25, -0.2) is 31.4 Å². The number of aromatic nitrogens is 2. The molecular formula is C26H21ClF4N6O5S. The standard InChI is InChI=1S/C26H21ClF4N6O5S/c27-21-12(11-39)7-13(28)8-19(21)43(41,42)36-18-4-3-17(29)20(23(18)31)15-1-2-16-24(22(15)30)34-35-25(16)26(40)33-14-9-32-37(10-14)5-6-38/h1-4,7-10,25,34-36,38-39H,5-6,11H2,(H,33,40). The maximum Gasteiger partial charge on any atom is 0.263 e. The minimum Gasteiger partial charge on any atom is -0.394 e. The number of aliphatic hydroxyl groups excluding tert-OH is 2. The maximum atomic E-state index is 15.7. The van der Waals surface area contributed by atoms with E-state index in [1.807, 2.05) is 4.72 Å². The Bertz CT molecular complexity index is 1860. The highest BCUT2D eigenvalue weighted by molar-refractivity contribution is 7.92. The SMILES string of the molecule is O=C(Nc1cnn(CCO)c1)C1NNc2c1ccc(-c1c(F)ccc(NS(=O)(=O)c3cc(F)cc(CO)c3Cl)c1F)c2F. The van der Waals surface area contributed by atoms with Crippen molar-refractivity contribution in [1.29, 1.82) is 0 Å². The van der Waals surface area contributed by atoms with Gasteiger partial charge in [-0.1, -0.05) is 23.7 Å². The molecule has 4 aromatic rings. The lowest BCUT2D eigenvalue weighted by atomic mass is 9.97. The van der Waals surface area contributed by atoms with E-state index in [0.717, 1.165) is 18.2 Å². The Labute approximate surface area is 246 Å². The van der Waals surface area contributed by atoms with E-state index in [0.29, 0.717) is 17.8 Å². The lowest BCUT2D eigenvalue weighted by Gasteiger charge is -2.15. The van der Waals surface area contributed by atoms with E-state index < -0.39 is 78.6 Å². The van der Waals surface area contributed by atoms with E-state index in [-0.39, 0.29) is 30.0 Å². The first-order valence-corrected chi connectivity index (χ1v) is 14.2. The number of nitrogens with one attached hydrogen (secondary N) is 4. The van der Waals surface area contributed by atoms with E-state index in [1.54, 1.807) is 0 Å². The number of nitrogens with zero attached hydrogens (tertiary/aromatic N) is 2. The summed E-state index contributed by atoms with van der Waals surface area (Å²) >= 11 is 5.99. The number of hydrazine groups is 1. The molecule has 1 aliphatic heterocycles. The topological polar surface area (TPSA) is 158 Å². The highest BCUT2D eigenvalue weighted by atomic mass is 35.5. The van der Waals surface area contributed by atoms with Crippen molar-refractivity contribution in [3.8, 4) is 11.1 Å². The first kappa shape index (κ1) is 30.2. The predicted molar refractivity (Wildman–Crippen MR) is 147 cm³/mol. The van der Waals surface area contributed by atoms with Crippen molar-refractivity contribution >= 4 is 44.6 Å². The first-order valence-electron chi connectivity index (χ1n) is 12.3. The van der Waals surface area contributed by atoms with Gasteiger partial charge in [0.2, 0.25) is 5.91 Å². The second-order valence-corrected chi connectivity index (χ2v) is 11.3. The van der Waals surface area contributed by atoms with Crippen LogP contribution in [0.15, 0.2) is 53.7 Å². The molecule has 2 heterocycles. The van der Waals surface area contributed by atoms with Crippen molar-refractivity contribution in [2.75, 3.05) is 22.1 Å². The van der Waals surface area contributed by atoms with Gasteiger partial charge in [0.15, 0.2) is 11.6 Å². The van der Waals surface area contributed by atoms with E-state index in [2.05, 4.69) is 21.3 Å². The summed E-state index contributed by atoms with van der Waals surface area (Å²) in [6.45, 7) is -0.748. The highest BCUT2D eigenvalue weighted by Crippen LogP contribution is 2.40. The molecule has 0 saturated carbocycles. The van der Waals surface area contributed by atoms with Crippen LogP contribution in [0.4, 0.5) is 34.6 Å². The third-order valence-electron chi connectivity index (χ3n) is 6.46. The molecule has 1 unspecified atom stereocenters. The lowest BCUT2D eigenvalue weighted by Crippen LogP contribution is -2.30. The number of amides is 1. The minimum absolute atomic E-state index is 0.111. The van der Waals surface area contributed by atoms with Crippen LogP contribution >= 0.6 is 11.6 Å². The van der Waals surface area contributed by atoms with Crippen LogP contribution in [0.5, 0.6) is 0 Å². The molecular weight excluding hydrogens is 620 g/mol. The van der Waals surface area contributed by atoms with Crippen molar-refractivity contribution in [2.24, 2.45) is 0 Å². The normalized spacial score (nSPS) is 14.3. The molecule has 1 aliphatic rings. The summed E-state index contributed by atoms with van der Waals surface area (Å²) in [7, 11) is -4.77. The third kappa shape index (κ3) is 5.74. The molecule has 0 spiro atoms. The van der Waals surface area contributed by atoms with Gasteiger partial charge in [0.1, 0.15) is 22.6 Å². The molecule has 17 heteroatoms. The molecule has 0 fully saturated rings. The van der Waals surface area contributed by atoms with Crippen LogP contribution in [-0.2, 0) is 28.0 Å². The van der Waals surface area contributed by atoms with E-state index >= 15 is 8.78 Å². The number of aliphatic hydroxyl groups is 2. The molecule has 0 bridgehead atoms. The Hall–Kier alpha value is -4.22. The average molecular weight is 641 g/mol. The quantitative estimate of drug-likeness (QED) is 0.151. The number of hydrogen-bond donors (Lipinski definition) is 6. The van der Waals surface area contributed by atoms with Crippen LogP contribution in [0.3, 0.4) is 0 Å². The van der Waals surface area contributed by atoms with Crippen molar-refractivity contribution in [3.63, 3.8) is 0 Å². The lowest BCUT2D eigenvalue weighted by molar-refractivity contribution is -0.118. The Kier molecular flexibility index (Phi) is 8.31. The monoisotopic (exact) mass is 640 g/mol. The molecule has 1 atom stereocenters. The number of anilines is 3. The highest BCUT2D eigenvalue weighted by Gasteiger charge is 2.33. The maximum absolute atomic E-state index is 15.7. The van der Waals surface area contributed by atoms with Gasteiger partial charge >= 0.3 is 0 Å². The molecule has 226 valence electrons. The summed E-state index contributed by atoms with van der Waals surface area (Å²) in [5, 5.41) is 24.4. The zero-order valence-electron chi connectivity index (χ0n) is 21.6. The van der Waals surface area contributed by atoms with Crippen LogP contribution < -0.4 is 20.9 Å². The Balaban J connectivity index is 1.45. The Morgan fingerprint density at radius 2 is 1.86 bits per heavy atom. The number of hydrogen-bond acceptors (Lipinski definition) is 8. The summed E-state index contributed by atoms with van der Waals surface area (Å²) in [6.07, 6.45) is 2.82. The van der Waals surface area contributed by atoms with Crippen molar-refractivity contribution in [1.82, 2.24) is 15.2 Å². The number of rotatable bonds is 9. The molecule has 0 saturated heterocycles. The van der Waals surface area contributed by atoms with Gasteiger partial charge in [0.25, 0.3) is 10.0 Å². The number of sulfonamides is 1. The average Bonchev–Trinajstić information content (AvgIpc) is 3.60. The van der Waals surface area contributed by atoms with Crippen LogP contribution in [0.1, 0.15) is 17.2 Å². The summed E-state index contributed by atoms with van der Waals surface area (Å²) in [4.78, 5) is 12.0. The van der Waals surface area contributed by atoms with Crippen molar-refractivity contribution in [3.05, 3.63) is 88.2 Å². The van der Waals surface area contributed by atoms with Crippen LogP contribution in [-0.4, -0.2) is 40.9 Å². The van der Waals surface area contributed by atoms with E-state index in [1.165, 1.54) is 23.1 Å². The van der Waals surface area contributed by atoms with Crippen LogP contribution in [0.25, 0.3) is 11.1 Å². The second kappa shape index (κ2) is 11.8. The first-order chi connectivity index (χ1) is 20.4. The molecule has 5 rings (SSSR count). The third-order valence-corrected chi connectivity index (χ3v) is 8.41. The number of fused-ring (bicyclic) bond motifs is 1. The molecule has 1 amide bonds. The fourth-order valence-electron chi connectivity index (χ4n) is 4.45. The second-order valence-electron chi connectivity index (χ2n) is 9.22. The Morgan fingerprint density at radius 3 is 2.58 bits per heavy atom. The van der Waals surface area contributed by atoms with Crippen LogP contribution in [0.2, 0.25) is 5.02 Å². The number of carbonyl (C=O) groups excluding carboxylic acids is 1. The molecule has 43 heavy (non-hydrogen) atoms. The van der Waals surface area contributed by atoms with Crippen molar-refractivity contribution < 1.29 is 41.0 Å². The largest absolute Gasteiger partial charge is 0.394 e. The molecule has 3 aromatic carbocycles. The molecule has 6 N–H and O–H groups in total. The van der Waals surface area contributed by atoms with Crippen LogP contribution in [0, 0.1) is 23.3 Å². The van der Waals surface area contributed by atoms with Gasteiger partial charge in [-0.15, -0.1) is 0 Å². The molecule has 1 aromatic heterocycles. The van der Waals surface area contributed by atoms with Gasteiger partial charge in [-0.2, -0.15) is 5.10 Å². The number of benzene rings is 3. The van der Waals surface area contributed by atoms with E-state index in [4.69, 9.17) is 16.7 Å². The summed E-state index contributed by atoms with van der Waals surface area (Å²) in [5.74, 6) is -5.52. The number of halogens is 5. The van der Waals surface area contributed by atoms with Gasteiger partial charge in [-0.3, -0.25) is 14.2 Å². The predicted octanol–water partition coefficient (Wildman–Crippen LogP) is 3.66.